The lowest BCUT2D eigenvalue weighted by molar-refractivity contribution is -0.121. The average Bonchev–Trinajstić information content (AvgIpc) is 2.49. The Morgan fingerprint density at radius 1 is 1.09 bits per heavy atom. The van der Waals surface area contributed by atoms with Crippen molar-refractivity contribution < 1.29 is 4.79 Å². The molecule has 1 amide bonds. The van der Waals surface area contributed by atoms with Crippen LogP contribution in [0.2, 0.25) is 0 Å². The van der Waals surface area contributed by atoms with Crippen molar-refractivity contribution in [3.63, 3.8) is 0 Å². The van der Waals surface area contributed by atoms with E-state index in [1.807, 2.05) is 6.07 Å². The topological polar surface area (TPSA) is 29.1 Å². The second-order valence-electron chi connectivity index (χ2n) is 6.10. The van der Waals surface area contributed by atoms with Crippen LogP contribution in [0.5, 0.6) is 0 Å². The maximum Gasteiger partial charge on any atom is 0.224 e. The van der Waals surface area contributed by atoms with E-state index in [2.05, 4.69) is 68.6 Å². The highest BCUT2D eigenvalue weighted by atomic mass is 16.1. The Hall–Kier alpha value is -2.09. The van der Waals surface area contributed by atoms with Gasteiger partial charge in [-0.15, -0.1) is 0 Å². The van der Waals surface area contributed by atoms with E-state index in [1.54, 1.807) is 0 Å². The van der Waals surface area contributed by atoms with Crippen molar-refractivity contribution >= 4 is 5.91 Å². The molecule has 0 aliphatic rings. The molecule has 0 aliphatic heterocycles. The molecular formula is C20H25NO. The average molecular weight is 295 g/mol. The number of benzene rings is 2. The third-order valence-electron chi connectivity index (χ3n) is 3.97. The molecule has 2 rings (SSSR count). The van der Waals surface area contributed by atoms with Gasteiger partial charge in [0.2, 0.25) is 5.91 Å². The number of carbonyl (C=O) groups excluding carboxylic acids is 1. The normalized spacial score (nSPS) is 12.0. The lowest BCUT2D eigenvalue weighted by Crippen LogP contribution is -2.34. The van der Waals surface area contributed by atoms with Crippen molar-refractivity contribution in [1.29, 1.82) is 0 Å². The summed E-state index contributed by atoms with van der Waals surface area (Å²) in [5.74, 6) is 0.104. The van der Waals surface area contributed by atoms with Crippen LogP contribution in [0.3, 0.4) is 0 Å². The van der Waals surface area contributed by atoms with Gasteiger partial charge in [0.15, 0.2) is 0 Å². The number of rotatable bonds is 6. The lowest BCUT2D eigenvalue weighted by atomic mass is 10.0. The molecule has 0 saturated heterocycles. The Bertz CT molecular complexity index is 619. The van der Waals surface area contributed by atoms with Gasteiger partial charge in [-0.05, 0) is 50.3 Å². The van der Waals surface area contributed by atoms with Gasteiger partial charge in [-0.3, -0.25) is 4.79 Å². The molecular weight excluding hydrogens is 270 g/mol. The minimum Gasteiger partial charge on any atom is -0.353 e. The molecule has 0 spiro atoms. The first-order valence-corrected chi connectivity index (χ1v) is 7.94. The monoisotopic (exact) mass is 295 g/mol. The number of carbonyl (C=O) groups is 1. The van der Waals surface area contributed by atoms with Gasteiger partial charge in [-0.1, -0.05) is 54.1 Å². The van der Waals surface area contributed by atoms with E-state index in [4.69, 9.17) is 0 Å². The molecule has 0 bridgehead atoms. The van der Waals surface area contributed by atoms with Crippen LogP contribution in [0.4, 0.5) is 0 Å². The molecule has 2 aromatic carbocycles. The summed E-state index contributed by atoms with van der Waals surface area (Å²) in [6.45, 7) is 6.21. The Kier molecular flexibility index (Phi) is 5.76. The standard InChI is InChI=1S/C20H25NO/c1-15-9-12-19(16(2)13-15)14-20(22)21-17(3)10-11-18-7-5-4-6-8-18/h4-9,12-13,17H,10-11,14H2,1-3H3,(H,21,22). The molecule has 22 heavy (non-hydrogen) atoms. The molecule has 0 heterocycles. The third kappa shape index (κ3) is 5.03. The van der Waals surface area contributed by atoms with Crippen LogP contribution in [-0.2, 0) is 17.6 Å². The van der Waals surface area contributed by atoms with Gasteiger partial charge >= 0.3 is 0 Å². The zero-order chi connectivity index (χ0) is 15.9. The van der Waals surface area contributed by atoms with Crippen LogP contribution in [0.15, 0.2) is 48.5 Å². The van der Waals surface area contributed by atoms with Crippen LogP contribution in [0.25, 0.3) is 0 Å². The van der Waals surface area contributed by atoms with Crippen molar-refractivity contribution in [2.75, 3.05) is 0 Å². The van der Waals surface area contributed by atoms with E-state index in [0.29, 0.717) is 6.42 Å². The maximum absolute atomic E-state index is 12.2. The summed E-state index contributed by atoms with van der Waals surface area (Å²) in [5.41, 5.74) is 4.85. The first-order chi connectivity index (χ1) is 10.5. The molecule has 1 atom stereocenters. The van der Waals surface area contributed by atoms with Gasteiger partial charge in [0.25, 0.3) is 0 Å². The van der Waals surface area contributed by atoms with Crippen LogP contribution in [0, 0.1) is 13.8 Å². The van der Waals surface area contributed by atoms with E-state index < -0.39 is 0 Å². The Morgan fingerprint density at radius 3 is 2.50 bits per heavy atom. The van der Waals surface area contributed by atoms with E-state index in [-0.39, 0.29) is 11.9 Å². The van der Waals surface area contributed by atoms with E-state index in [0.717, 1.165) is 18.4 Å². The summed E-state index contributed by atoms with van der Waals surface area (Å²) in [4.78, 5) is 12.2. The fourth-order valence-corrected chi connectivity index (χ4v) is 2.64. The van der Waals surface area contributed by atoms with Crippen molar-refractivity contribution in [3.05, 3.63) is 70.8 Å². The van der Waals surface area contributed by atoms with Crippen LogP contribution >= 0.6 is 0 Å². The van der Waals surface area contributed by atoms with Crippen LogP contribution in [-0.4, -0.2) is 11.9 Å². The van der Waals surface area contributed by atoms with E-state index in [1.165, 1.54) is 16.7 Å². The second kappa shape index (κ2) is 7.79. The largest absolute Gasteiger partial charge is 0.353 e. The summed E-state index contributed by atoms with van der Waals surface area (Å²) in [6, 6.07) is 16.8. The highest BCUT2D eigenvalue weighted by Crippen LogP contribution is 2.11. The second-order valence-corrected chi connectivity index (χ2v) is 6.10. The van der Waals surface area contributed by atoms with Crippen molar-refractivity contribution in [2.24, 2.45) is 0 Å². The number of aryl methyl sites for hydroxylation is 3. The molecule has 2 nitrogen and oxygen atoms in total. The molecule has 0 fully saturated rings. The molecule has 0 saturated carbocycles. The van der Waals surface area contributed by atoms with Gasteiger partial charge in [0.1, 0.15) is 0 Å². The summed E-state index contributed by atoms with van der Waals surface area (Å²) < 4.78 is 0. The highest BCUT2D eigenvalue weighted by molar-refractivity contribution is 5.79. The maximum atomic E-state index is 12.2. The molecule has 1 unspecified atom stereocenters. The molecule has 2 aromatic rings. The summed E-state index contributed by atoms with van der Waals surface area (Å²) in [6.07, 6.45) is 2.41. The molecule has 0 aromatic heterocycles. The molecule has 0 aliphatic carbocycles. The quantitative estimate of drug-likeness (QED) is 0.858. The van der Waals surface area contributed by atoms with E-state index in [9.17, 15) is 4.79 Å². The van der Waals surface area contributed by atoms with Crippen molar-refractivity contribution in [1.82, 2.24) is 5.32 Å². The van der Waals surface area contributed by atoms with E-state index >= 15 is 0 Å². The molecule has 0 radical (unpaired) electrons. The molecule has 2 heteroatoms. The molecule has 116 valence electrons. The first-order valence-electron chi connectivity index (χ1n) is 7.94. The van der Waals surface area contributed by atoms with Crippen LogP contribution < -0.4 is 5.32 Å². The number of amides is 1. The zero-order valence-electron chi connectivity index (χ0n) is 13.7. The van der Waals surface area contributed by atoms with Gasteiger partial charge in [-0.2, -0.15) is 0 Å². The van der Waals surface area contributed by atoms with Gasteiger partial charge < -0.3 is 5.32 Å². The zero-order valence-corrected chi connectivity index (χ0v) is 13.7. The Balaban J connectivity index is 1.81. The smallest absolute Gasteiger partial charge is 0.224 e. The van der Waals surface area contributed by atoms with Gasteiger partial charge in [0.05, 0.1) is 6.42 Å². The number of nitrogens with one attached hydrogen (secondary N) is 1. The van der Waals surface area contributed by atoms with Crippen molar-refractivity contribution in [3.8, 4) is 0 Å². The number of hydrogen-bond acceptors (Lipinski definition) is 1. The van der Waals surface area contributed by atoms with Gasteiger partial charge in [0, 0.05) is 6.04 Å². The molecule has 1 N–H and O–H groups in total. The summed E-state index contributed by atoms with van der Waals surface area (Å²) >= 11 is 0. The number of hydrogen-bond donors (Lipinski definition) is 1. The summed E-state index contributed by atoms with van der Waals surface area (Å²) in [7, 11) is 0. The highest BCUT2D eigenvalue weighted by Gasteiger charge is 2.10. The SMILES string of the molecule is Cc1ccc(CC(=O)NC(C)CCc2ccccc2)c(C)c1. The lowest BCUT2D eigenvalue weighted by Gasteiger charge is -2.15. The summed E-state index contributed by atoms with van der Waals surface area (Å²) in [5, 5.41) is 3.10. The van der Waals surface area contributed by atoms with Crippen LogP contribution in [0.1, 0.15) is 35.6 Å². The van der Waals surface area contributed by atoms with Gasteiger partial charge in [-0.25, -0.2) is 0 Å². The third-order valence-corrected chi connectivity index (χ3v) is 3.97. The fourth-order valence-electron chi connectivity index (χ4n) is 2.64. The fraction of sp³-hybridized carbons (Fsp3) is 0.350. The minimum absolute atomic E-state index is 0.104. The predicted molar refractivity (Wildman–Crippen MR) is 92.0 cm³/mol. The minimum atomic E-state index is 0.104. The Labute approximate surface area is 133 Å². The first kappa shape index (κ1) is 16.3. The van der Waals surface area contributed by atoms with Crippen molar-refractivity contribution in [2.45, 2.75) is 46.1 Å². The Morgan fingerprint density at radius 2 is 1.82 bits per heavy atom. The predicted octanol–water partition coefficient (Wildman–Crippen LogP) is 3.98.